The van der Waals surface area contributed by atoms with Gasteiger partial charge in [-0.15, -0.1) is 0 Å². The van der Waals surface area contributed by atoms with Crippen molar-refractivity contribution in [2.24, 2.45) is 0 Å². The van der Waals surface area contributed by atoms with Crippen LogP contribution in [0.15, 0.2) is 101 Å². The molecule has 0 fully saturated rings. The number of rotatable bonds is 1. The van der Waals surface area contributed by atoms with E-state index in [1.165, 1.54) is 43.2 Å². The second-order valence-electron chi connectivity index (χ2n) is 7.30. The van der Waals surface area contributed by atoms with E-state index in [2.05, 4.69) is 91.0 Å². The van der Waals surface area contributed by atoms with Crippen molar-refractivity contribution in [3.05, 3.63) is 113 Å². The van der Waals surface area contributed by atoms with Gasteiger partial charge in [0, 0.05) is 9.79 Å². The maximum atomic E-state index is 5.64. The first-order valence-corrected chi connectivity index (χ1v) is 10.3. The predicted molar refractivity (Wildman–Crippen MR) is 114 cm³/mol. The molecule has 1 spiro atoms. The standard InChI is InChI=1S/C26H18OS/c1-27-17-14-15-25-23(16-17)26(22-12-6-7-13-24(22)28-25)20-10-4-2-8-18(20)19-9-3-5-11-21(19)26/h2-16H,1H3. The molecule has 0 atom stereocenters. The fourth-order valence-corrected chi connectivity index (χ4v) is 6.14. The minimum atomic E-state index is -0.307. The summed E-state index contributed by atoms with van der Waals surface area (Å²) in [5, 5.41) is 0. The summed E-state index contributed by atoms with van der Waals surface area (Å²) >= 11 is 1.86. The van der Waals surface area contributed by atoms with E-state index >= 15 is 0 Å². The van der Waals surface area contributed by atoms with Gasteiger partial charge in [0.15, 0.2) is 0 Å². The van der Waals surface area contributed by atoms with Crippen molar-refractivity contribution < 1.29 is 4.74 Å². The van der Waals surface area contributed by atoms with Crippen LogP contribution in [-0.4, -0.2) is 7.11 Å². The zero-order valence-corrected chi connectivity index (χ0v) is 16.3. The summed E-state index contributed by atoms with van der Waals surface area (Å²) in [7, 11) is 1.74. The average Bonchev–Trinajstić information content (AvgIpc) is 3.05. The average molecular weight is 378 g/mol. The molecule has 0 saturated heterocycles. The maximum Gasteiger partial charge on any atom is 0.119 e. The molecule has 2 aliphatic rings. The van der Waals surface area contributed by atoms with Crippen molar-refractivity contribution in [3.63, 3.8) is 0 Å². The Hall–Kier alpha value is -2.97. The molecule has 0 bridgehead atoms. The van der Waals surface area contributed by atoms with E-state index in [0.29, 0.717) is 0 Å². The van der Waals surface area contributed by atoms with Crippen LogP contribution < -0.4 is 4.74 Å². The lowest BCUT2D eigenvalue weighted by Crippen LogP contribution is -2.31. The SMILES string of the molecule is COc1ccc2c(c1)C1(c3ccccc3S2)c2ccccc2-c2ccccc21. The smallest absolute Gasteiger partial charge is 0.119 e. The van der Waals surface area contributed by atoms with Gasteiger partial charge in [0.25, 0.3) is 0 Å². The molecule has 1 heterocycles. The number of ether oxygens (including phenoxy) is 1. The Morgan fingerprint density at radius 2 is 1.18 bits per heavy atom. The molecule has 4 aromatic carbocycles. The molecule has 28 heavy (non-hydrogen) atoms. The highest BCUT2D eigenvalue weighted by Crippen LogP contribution is 2.62. The minimum Gasteiger partial charge on any atom is -0.497 e. The van der Waals surface area contributed by atoms with Crippen molar-refractivity contribution in [3.8, 4) is 16.9 Å². The molecule has 134 valence electrons. The molecule has 0 unspecified atom stereocenters. The third-order valence-electron chi connectivity index (χ3n) is 6.05. The van der Waals surface area contributed by atoms with Gasteiger partial charge in [-0.2, -0.15) is 0 Å². The van der Waals surface area contributed by atoms with Crippen LogP contribution in [0.4, 0.5) is 0 Å². The summed E-state index contributed by atoms with van der Waals surface area (Å²) in [4.78, 5) is 2.62. The fourth-order valence-electron chi connectivity index (χ4n) is 4.96. The largest absolute Gasteiger partial charge is 0.497 e. The second kappa shape index (κ2) is 5.76. The van der Waals surface area contributed by atoms with Gasteiger partial charge < -0.3 is 4.74 Å². The predicted octanol–water partition coefficient (Wildman–Crippen LogP) is 6.52. The molecule has 0 N–H and O–H groups in total. The summed E-state index contributed by atoms with van der Waals surface area (Å²) in [6, 6.07) is 33.1. The van der Waals surface area contributed by atoms with Gasteiger partial charge in [-0.1, -0.05) is 78.5 Å². The van der Waals surface area contributed by atoms with E-state index in [-0.39, 0.29) is 5.41 Å². The number of benzene rings is 4. The lowest BCUT2D eigenvalue weighted by Gasteiger charge is -2.39. The zero-order chi connectivity index (χ0) is 18.7. The monoisotopic (exact) mass is 378 g/mol. The molecule has 1 aliphatic heterocycles. The Morgan fingerprint density at radius 3 is 1.86 bits per heavy atom. The number of hydrogen-bond donors (Lipinski definition) is 0. The van der Waals surface area contributed by atoms with Crippen LogP contribution >= 0.6 is 11.8 Å². The summed E-state index contributed by atoms with van der Waals surface area (Å²) < 4.78 is 5.64. The first kappa shape index (κ1) is 16.0. The Labute approximate surface area is 169 Å². The maximum absolute atomic E-state index is 5.64. The van der Waals surface area contributed by atoms with Crippen LogP contribution in [0.1, 0.15) is 22.3 Å². The van der Waals surface area contributed by atoms with Crippen LogP contribution in [0.2, 0.25) is 0 Å². The van der Waals surface area contributed by atoms with Crippen molar-refractivity contribution in [1.82, 2.24) is 0 Å². The highest BCUT2D eigenvalue weighted by molar-refractivity contribution is 7.99. The minimum absolute atomic E-state index is 0.307. The summed E-state index contributed by atoms with van der Waals surface area (Å²) in [5.41, 5.74) is 7.74. The van der Waals surface area contributed by atoms with Gasteiger partial charge in [0.1, 0.15) is 5.75 Å². The van der Waals surface area contributed by atoms with Crippen molar-refractivity contribution in [2.45, 2.75) is 15.2 Å². The van der Waals surface area contributed by atoms with Gasteiger partial charge in [0.2, 0.25) is 0 Å². The summed E-state index contributed by atoms with van der Waals surface area (Å²) in [6.45, 7) is 0. The first-order chi connectivity index (χ1) is 13.8. The molecular weight excluding hydrogens is 360 g/mol. The van der Waals surface area contributed by atoms with Gasteiger partial charge in [-0.3, -0.25) is 0 Å². The third-order valence-corrected chi connectivity index (χ3v) is 7.21. The van der Waals surface area contributed by atoms with E-state index < -0.39 is 0 Å². The summed E-state index contributed by atoms with van der Waals surface area (Å²) in [5.74, 6) is 0.903. The molecule has 2 heteroatoms. The van der Waals surface area contributed by atoms with Crippen LogP contribution in [0.5, 0.6) is 5.75 Å². The topological polar surface area (TPSA) is 9.23 Å². The molecule has 4 aromatic rings. The molecule has 0 amide bonds. The molecule has 1 aliphatic carbocycles. The van der Waals surface area contributed by atoms with Crippen molar-refractivity contribution in [1.29, 1.82) is 0 Å². The van der Waals surface area contributed by atoms with Gasteiger partial charge >= 0.3 is 0 Å². The van der Waals surface area contributed by atoms with Crippen LogP contribution in [-0.2, 0) is 5.41 Å². The fraction of sp³-hybridized carbons (Fsp3) is 0.0769. The van der Waals surface area contributed by atoms with E-state index in [0.717, 1.165) is 5.75 Å². The molecule has 0 aromatic heterocycles. The van der Waals surface area contributed by atoms with E-state index in [1.807, 2.05) is 11.8 Å². The third kappa shape index (κ3) is 1.88. The molecule has 0 saturated carbocycles. The Bertz CT molecular complexity index is 1200. The second-order valence-corrected chi connectivity index (χ2v) is 8.39. The number of fused-ring (bicyclic) bond motifs is 9. The van der Waals surface area contributed by atoms with Crippen LogP contribution in [0.25, 0.3) is 11.1 Å². The number of methoxy groups -OCH3 is 1. The normalized spacial score (nSPS) is 14.8. The van der Waals surface area contributed by atoms with Gasteiger partial charge in [-0.25, -0.2) is 0 Å². The Kier molecular flexibility index (Phi) is 3.30. The highest BCUT2D eigenvalue weighted by Gasteiger charge is 2.50. The van der Waals surface area contributed by atoms with Crippen molar-refractivity contribution >= 4 is 11.8 Å². The quantitative estimate of drug-likeness (QED) is 0.322. The highest BCUT2D eigenvalue weighted by atomic mass is 32.2. The molecule has 1 nitrogen and oxygen atoms in total. The lowest BCUT2D eigenvalue weighted by atomic mass is 9.67. The molecule has 0 radical (unpaired) electrons. The van der Waals surface area contributed by atoms with E-state index in [1.54, 1.807) is 7.11 Å². The Morgan fingerprint density at radius 1 is 0.607 bits per heavy atom. The Balaban J connectivity index is 1.84. The zero-order valence-electron chi connectivity index (χ0n) is 15.5. The van der Waals surface area contributed by atoms with Gasteiger partial charge in [0.05, 0.1) is 12.5 Å². The molecular formula is C26H18OS. The molecule has 6 rings (SSSR count). The van der Waals surface area contributed by atoms with Crippen LogP contribution in [0, 0.1) is 0 Å². The van der Waals surface area contributed by atoms with Gasteiger partial charge in [-0.05, 0) is 57.6 Å². The van der Waals surface area contributed by atoms with E-state index in [9.17, 15) is 0 Å². The van der Waals surface area contributed by atoms with Crippen LogP contribution in [0.3, 0.4) is 0 Å². The first-order valence-electron chi connectivity index (χ1n) is 9.49. The van der Waals surface area contributed by atoms with E-state index in [4.69, 9.17) is 4.74 Å². The number of hydrogen-bond acceptors (Lipinski definition) is 2. The summed E-state index contributed by atoms with van der Waals surface area (Å²) in [6.07, 6.45) is 0. The van der Waals surface area contributed by atoms with Crippen molar-refractivity contribution in [2.75, 3.05) is 7.11 Å². The lowest BCUT2D eigenvalue weighted by molar-refractivity contribution is 0.413.